The molecule has 58 heavy (non-hydrogen) atoms. The van der Waals surface area contributed by atoms with Crippen LogP contribution in [0.3, 0.4) is 0 Å². The first-order chi connectivity index (χ1) is 28.4. The molecule has 0 amide bonds. The van der Waals surface area contributed by atoms with Crippen molar-refractivity contribution in [2.75, 3.05) is 85.9 Å². The molecule has 4 aliphatic rings. The molecule has 0 radical (unpaired) electrons. The molecular formula is C42H46F2N12O2. The molecule has 0 saturated carbocycles. The minimum atomic E-state index is -0.280. The van der Waals surface area contributed by atoms with E-state index in [0.717, 1.165) is 101 Å². The maximum Gasteiger partial charge on any atom is 0.253 e. The molecule has 6 aromatic rings. The van der Waals surface area contributed by atoms with Crippen molar-refractivity contribution in [3.63, 3.8) is 0 Å². The summed E-state index contributed by atoms with van der Waals surface area (Å²) in [5.74, 6) is 1.22. The fourth-order valence-electron chi connectivity index (χ4n) is 8.66. The van der Waals surface area contributed by atoms with Gasteiger partial charge in [0.05, 0.1) is 45.6 Å². The van der Waals surface area contributed by atoms with E-state index < -0.39 is 0 Å². The summed E-state index contributed by atoms with van der Waals surface area (Å²) in [5.41, 5.74) is 5.29. The van der Waals surface area contributed by atoms with E-state index in [4.69, 9.17) is 0 Å². The standard InChI is InChI=1S/2C21H23FN6O/c2*22-16-10-14(11-17-19(16)20-15(21(29)26-17)2-1-3-25-20)13-27-6-8-28(9-7-27)18-12-23-4-5-24-18/h2*4-5,10-12,25H,1-3,6-9,13H2,(H,26,29). The van der Waals surface area contributed by atoms with Crippen LogP contribution in [0.1, 0.15) is 35.1 Å². The predicted molar refractivity (Wildman–Crippen MR) is 222 cm³/mol. The number of nitrogens with one attached hydrogen (secondary N) is 4. The Hall–Kier alpha value is -6.00. The molecule has 0 unspecified atom stereocenters. The summed E-state index contributed by atoms with van der Waals surface area (Å²) in [6, 6.07) is 7.02. The third-order valence-electron chi connectivity index (χ3n) is 11.6. The number of halogens is 2. The normalized spacial score (nSPS) is 17.2. The monoisotopic (exact) mass is 788 g/mol. The van der Waals surface area contributed by atoms with Gasteiger partial charge in [0.15, 0.2) is 0 Å². The average Bonchev–Trinajstić information content (AvgIpc) is 3.25. The number of anilines is 4. The van der Waals surface area contributed by atoms with Gasteiger partial charge in [-0.15, -0.1) is 0 Å². The summed E-state index contributed by atoms with van der Waals surface area (Å²) < 4.78 is 30.0. The molecule has 2 saturated heterocycles. The van der Waals surface area contributed by atoms with Crippen molar-refractivity contribution < 1.29 is 8.78 Å². The Kier molecular flexibility index (Phi) is 10.7. The fraction of sp³-hybridized carbons (Fsp3) is 0.381. The van der Waals surface area contributed by atoms with Crippen LogP contribution < -0.4 is 31.6 Å². The summed E-state index contributed by atoms with van der Waals surface area (Å²) in [7, 11) is 0. The van der Waals surface area contributed by atoms with E-state index >= 15 is 0 Å². The van der Waals surface area contributed by atoms with Gasteiger partial charge >= 0.3 is 0 Å². The highest BCUT2D eigenvalue weighted by molar-refractivity contribution is 5.95. The highest BCUT2D eigenvalue weighted by atomic mass is 19.1. The predicted octanol–water partition coefficient (Wildman–Crippen LogP) is 4.28. The number of pyridine rings is 2. The highest BCUT2D eigenvalue weighted by Crippen LogP contribution is 2.32. The van der Waals surface area contributed by atoms with Crippen molar-refractivity contribution >= 4 is 44.8 Å². The third-order valence-corrected chi connectivity index (χ3v) is 11.6. The van der Waals surface area contributed by atoms with Gasteiger partial charge in [-0.3, -0.25) is 29.4 Å². The van der Waals surface area contributed by atoms with E-state index in [0.29, 0.717) is 70.2 Å². The summed E-state index contributed by atoms with van der Waals surface area (Å²) >= 11 is 0. The average molecular weight is 789 g/mol. The van der Waals surface area contributed by atoms with Crippen molar-refractivity contribution in [3.8, 4) is 0 Å². The second kappa shape index (κ2) is 16.5. The molecule has 300 valence electrons. The van der Waals surface area contributed by atoms with E-state index in [1.807, 2.05) is 12.1 Å². The van der Waals surface area contributed by atoms with Crippen molar-refractivity contribution in [3.05, 3.63) is 116 Å². The molecule has 0 bridgehead atoms. The SMILES string of the molecule is O=c1[nH]c2cc(CN3CCN(c4cnccn4)CC3)cc(F)c2c2c1CCCN2.O=c1[nH]c2cc(CN3CCN(c4cnccn4)CC3)cc(F)c2c2c1CCCN2. The van der Waals surface area contributed by atoms with Crippen LogP contribution in [0.15, 0.2) is 71.0 Å². The van der Waals surface area contributed by atoms with E-state index in [9.17, 15) is 18.4 Å². The number of piperazine rings is 2. The van der Waals surface area contributed by atoms with Gasteiger partial charge in [-0.1, -0.05) is 0 Å². The van der Waals surface area contributed by atoms with Gasteiger partial charge in [0.1, 0.15) is 23.3 Å². The summed E-state index contributed by atoms with van der Waals surface area (Å²) in [6.07, 6.45) is 13.5. The molecule has 0 aliphatic carbocycles. The number of aromatic nitrogens is 6. The second-order valence-corrected chi connectivity index (χ2v) is 15.3. The van der Waals surface area contributed by atoms with Gasteiger partial charge < -0.3 is 30.4 Å². The summed E-state index contributed by atoms with van der Waals surface area (Å²) in [4.78, 5) is 56.6. The molecule has 0 atom stereocenters. The molecule has 14 nitrogen and oxygen atoms in total. The molecule has 4 aliphatic heterocycles. The zero-order valence-corrected chi connectivity index (χ0v) is 32.2. The quantitative estimate of drug-likeness (QED) is 0.191. The summed E-state index contributed by atoms with van der Waals surface area (Å²) in [6.45, 7) is 9.67. The van der Waals surface area contributed by atoms with Crippen LogP contribution >= 0.6 is 0 Å². The first kappa shape index (κ1) is 37.6. The lowest BCUT2D eigenvalue weighted by Crippen LogP contribution is -2.46. The maximum atomic E-state index is 15.0. The van der Waals surface area contributed by atoms with Gasteiger partial charge in [-0.05, 0) is 61.1 Å². The number of aromatic amines is 2. The summed E-state index contributed by atoms with van der Waals surface area (Å²) in [5, 5.41) is 7.43. The number of fused-ring (bicyclic) bond motifs is 6. The van der Waals surface area contributed by atoms with E-state index in [-0.39, 0.29) is 22.8 Å². The first-order valence-electron chi connectivity index (χ1n) is 20.1. The van der Waals surface area contributed by atoms with Crippen LogP contribution in [-0.2, 0) is 25.9 Å². The van der Waals surface area contributed by atoms with E-state index in [1.54, 1.807) is 49.3 Å². The van der Waals surface area contributed by atoms with Gasteiger partial charge in [0, 0.05) is 114 Å². The van der Waals surface area contributed by atoms with E-state index in [2.05, 4.69) is 60.1 Å². The Morgan fingerprint density at radius 1 is 0.569 bits per heavy atom. The first-order valence-corrected chi connectivity index (χ1v) is 20.1. The fourth-order valence-corrected chi connectivity index (χ4v) is 8.66. The Labute approximate surface area is 333 Å². The van der Waals surface area contributed by atoms with Gasteiger partial charge in [0.2, 0.25) is 0 Å². The molecule has 16 heteroatoms. The Balaban J connectivity index is 0.000000150. The van der Waals surface area contributed by atoms with E-state index in [1.165, 1.54) is 0 Å². The topological polar surface area (TPSA) is 154 Å². The third kappa shape index (κ3) is 7.81. The van der Waals surface area contributed by atoms with Crippen LogP contribution in [0.25, 0.3) is 21.8 Å². The number of hydrogen-bond acceptors (Lipinski definition) is 12. The molecule has 0 spiro atoms. The highest BCUT2D eigenvalue weighted by Gasteiger charge is 2.24. The lowest BCUT2D eigenvalue weighted by atomic mass is 10.00. The molecule has 2 fully saturated rings. The number of benzene rings is 2. The number of H-pyrrole nitrogens is 2. The lowest BCUT2D eigenvalue weighted by Gasteiger charge is -2.35. The van der Waals surface area contributed by atoms with Crippen molar-refractivity contribution in [2.45, 2.75) is 38.8 Å². The van der Waals surface area contributed by atoms with Gasteiger partial charge in [0.25, 0.3) is 11.1 Å². The van der Waals surface area contributed by atoms with Crippen LogP contribution in [0, 0.1) is 11.6 Å². The van der Waals surface area contributed by atoms with Crippen LogP contribution in [0.4, 0.5) is 31.8 Å². The van der Waals surface area contributed by atoms with Crippen LogP contribution in [0.2, 0.25) is 0 Å². The zero-order valence-electron chi connectivity index (χ0n) is 32.2. The van der Waals surface area contributed by atoms with Crippen molar-refractivity contribution in [2.24, 2.45) is 0 Å². The molecule has 8 heterocycles. The Morgan fingerprint density at radius 2 is 1.00 bits per heavy atom. The molecule has 4 N–H and O–H groups in total. The van der Waals surface area contributed by atoms with Crippen molar-refractivity contribution in [1.82, 2.24) is 39.7 Å². The Bertz CT molecular complexity index is 2360. The minimum absolute atomic E-state index is 0.117. The minimum Gasteiger partial charge on any atom is -0.384 e. The molecule has 10 rings (SSSR count). The largest absolute Gasteiger partial charge is 0.384 e. The molecule has 4 aromatic heterocycles. The van der Waals surface area contributed by atoms with Crippen LogP contribution in [0.5, 0.6) is 0 Å². The van der Waals surface area contributed by atoms with Gasteiger partial charge in [-0.25, -0.2) is 18.7 Å². The molecular weight excluding hydrogens is 743 g/mol. The van der Waals surface area contributed by atoms with Gasteiger partial charge in [-0.2, -0.15) is 0 Å². The second-order valence-electron chi connectivity index (χ2n) is 15.3. The number of rotatable bonds is 6. The number of hydrogen-bond donors (Lipinski definition) is 4. The van der Waals surface area contributed by atoms with Crippen LogP contribution in [-0.4, -0.2) is 105 Å². The number of nitrogens with zero attached hydrogens (tertiary/aromatic N) is 8. The smallest absolute Gasteiger partial charge is 0.253 e. The molecule has 2 aromatic carbocycles. The zero-order chi connectivity index (χ0) is 39.6. The Morgan fingerprint density at radius 3 is 1.40 bits per heavy atom. The maximum absolute atomic E-state index is 15.0. The van der Waals surface area contributed by atoms with Crippen molar-refractivity contribution in [1.29, 1.82) is 0 Å². The lowest BCUT2D eigenvalue weighted by molar-refractivity contribution is 0.249.